The van der Waals surface area contributed by atoms with Gasteiger partial charge in [-0.25, -0.2) is 9.67 Å². The van der Waals surface area contributed by atoms with Gasteiger partial charge in [0.15, 0.2) is 5.65 Å². The number of hydrogen-bond acceptors (Lipinski definition) is 5. The van der Waals surface area contributed by atoms with E-state index < -0.39 is 0 Å². The predicted octanol–water partition coefficient (Wildman–Crippen LogP) is 3.73. The first-order valence-electron chi connectivity index (χ1n) is 9.24. The molecule has 144 valence electrons. The highest BCUT2D eigenvalue weighted by Gasteiger charge is 2.20. The van der Waals surface area contributed by atoms with Crippen LogP contribution in [0.1, 0.15) is 22.5 Å². The Hall–Kier alpha value is -3.92. The van der Waals surface area contributed by atoms with Gasteiger partial charge in [0, 0.05) is 19.2 Å². The molecule has 3 aromatic heterocycles. The monoisotopic (exact) mass is 385 g/mol. The molecular weight excluding hydrogens is 366 g/mol. The van der Waals surface area contributed by atoms with Crippen LogP contribution >= 0.6 is 0 Å². The molecule has 7 nitrogen and oxygen atoms in total. The number of nitrogens with zero attached hydrogens (tertiary/aromatic N) is 5. The van der Waals surface area contributed by atoms with E-state index in [0.717, 1.165) is 11.3 Å². The number of amides is 1. The quantitative estimate of drug-likeness (QED) is 0.505. The van der Waals surface area contributed by atoms with Crippen molar-refractivity contribution in [1.29, 1.82) is 5.26 Å². The Kier molecular flexibility index (Phi) is 5.08. The largest absolute Gasteiger partial charge is 0.467 e. The Bertz CT molecular complexity index is 1170. The van der Waals surface area contributed by atoms with Crippen molar-refractivity contribution >= 4 is 16.9 Å². The van der Waals surface area contributed by atoms with Gasteiger partial charge in [-0.3, -0.25) is 4.79 Å². The summed E-state index contributed by atoms with van der Waals surface area (Å²) in [6, 6.07) is 17.3. The summed E-state index contributed by atoms with van der Waals surface area (Å²) < 4.78 is 7.17. The summed E-state index contributed by atoms with van der Waals surface area (Å²) >= 11 is 0. The van der Waals surface area contributed by atoms with Crippen molar-refractivity contribution in [3.05, 3.63) is 72.3 Å². The molecule has 29 heavy (non-hydrogen) atoms. The molecule has 7 heteroatoms. The fourth-order valence-electron chi connectivity index (χ4n) is 3.17. The van der Waals surface area contributed by atoms with Gasteiger partial charge in [0.2, 0.25) is 0 Å². The molecule has 0 fully saturated rings. The van der Waals surface area contributed by atoms with E-state index in [4.69, 9.17) is 14.7 Å². The van der Waals surface area contributed by atoms with Crippen molar-refractivity contribution in [2.45, 2.75) is 13.0 Å². The molecule has 0 atom stereocenters. The average molecular weight is 385 g/mol. The Labute approximate surface area is 167 Å². The first-order chi connectivity index (χ1) is 14.2. The molecule has 0 unspecified atom stereocenters. The van der Waals surface area contributed by atoms with Crippen molar-refractivity contribution in [2.75, 3.05) is 13.6 Å². The molecule has 0 saturated heterocycles. The number of furan rings is 1. The van der Waals surface area contributed by atoms with E-state index in [1.165, 1.54) is 0 Å². The minimum atomic E-state index is -0.164. The zero-order chi connectivity index (χ0) is 20.2. The third kappa shape index (κ3) is 3.73. The maximum Gasteiger partial charge on any atom is 0.254 e. The minimum absolute atomic E-state index is 0.164. The van der Waals surface area contributed by atoms with Gasteiger partial charge in [-0.2, -0.15) is 10.4 Å². The number of hydrogen-bond donors (Lipinski definition) is 0. The normalized spacial score (nSPS) is 10.8. The van der Waals surface area contributed by atoms with Gasteiger partial charge in [0.25, 0.3) is 5.91 Å². The summed E-state index contributed by atoms with van der Waals surface area (Å²) in [6.07, 6.45) is 3.55. The molecule has 1 aromatic carbocycles. The van der Waals surface area contributed by atoms with Crippen molar-refractivity contribution in [3.8, 4) is 17.3 Å². The fourth-order valence-corrected chi connectivity index (χ4v) is 3.17. The summed E-state index contributed by atoms with van der Waals surface area (Å²) in [6.45, 7) is 0.778. The van der Waals surface area contributed by atoms with Crippen LogP contribution in [0.3, 0.4) is 0 Å². The van der Waals surface area contributed by atoms with Gasteiger partial charge < -0.3 is 9.32 Å². The standard InChI is InChI=1S/C22H19N5O2/c1-26(11-6-10-23)22(28)18-13-20(16-7-3-2-4-8-16)25-21-19(18)14-24-27(21)15-17-9-5-12-29-17/h2-5,7-9,12-14H,6,11,15H2,1H3. The highest BCUT2D eigenvalue weighted by atomic mass is 16.3. The zero-order valence-electron chi connectivity index (χ0n) is 15.9. The van der Waals surface area contributed by atoms with E-state index in [1.54, 1.807) is 35.2 Å². The molecular formula is C22H19N5O2. The summed E-state index contributed by atoms with van der Waals surface area (Å²) in [5.41, 5.74) is 2.73. The van der Waals surface area contributed by atoms with Crippen LogP contribution in [0.25, 0.3) is 22.3 Å². The molecule has 0 bridgehead atoms. The number of fused-ring (bicyclic) bond motifs is 1. The van der Waals surface area contributed by atoms with Gasteiger partial charge in [-0.1, -0.05) is 30.3 Å². The van der Waals surface area contributed by atoms with Gasteiger partial charge >= 0.3 is 0 Å². The molecule has 1 amide bonds. The molecule has 0 N–H and O–H groups in total. The smallest absolute Gasteiger partial charge is 0.254 e. The summed E-state index contributed by atoms with van der Waals surface area (Å²) in [4.78, 5) is 19.4. The third-order valence-electron chi connectivity index (χ3n) is 4.70. The fraction of sp³-hybridized carbons (Fsp3) is 0.182. The lowest BCUT2D eigenvalue weighted by atomic mass is 10.1. The van der Waals surface area contributed by atoms with E-state index in [2.05, 4.69) is 11.2 Å². The van der Waals surface area contributed by atoms with Crippen LogP contribution in [0.2, 0.25) is 0 Å². The maximum atomic E-state index is 13.1. The summed E-state index contributed by atoms with van der Waals surface area (Å²) in [7, 11) is 1.70. The van der Waals surface area contributed by atoms with Gasteiger partial charge in [0.05, 0.1) is 41.6 Å². The Balaban J connectivity index is 1.84. The number of aromatic nitrogens is 3. The van der Waals surface area contributed by atoms with Gasteiger partial charge in [-0.15, -0.1) is 0 Å². The number of carbonyl (C=O) groups is 1. The second kappa shape index (κ2) is 7.98. The van der Waals surface area contributed by atoms with E-state index in [1.807, 2.05) is 42.5 Å². The van der Waals surface area contributed by atoms with Crippen molar-refractivity contribution in [2.24, 2.45) is 0 Å². The first kappa shape index (κ1) is 18.4. The van der Waals surface area contributed by atoms with Crippen LogP contribution in [0.15, 0.2) is 65.4 Å². The lowest BCUT2D eigenvalue weighted by molar-refractivity contribution is 0.0800. The van der Waals surface area contributed by atoms with E-state index in [-0.39, 0.29) is 12.3 Å². The zero-order valence-corrected chi connectivity index (χ0v) is 15.9. The van der Waals surface area contributed by atoms with E-state index in [0.29, 0.717) is 35.4 Å². The molecule has 4 aromatic rings. The van der Waals surface area contributed by atoms with Crippen molar-refractivity contribution in [1.82, 2.24) is 19.7 Å². The highest BCUT2D eigenvalue weighted by Crippen LogP contribution is 2.26. The Morgan fingerprint density at radius 3 is 2.79 bits per heavy atom. The number of rotatable bonds is 6. The summed E-state index contributed by atoms with van der Waals surface area (Å²) in [5, 5.41) is 13.9. The second-order valence-corrected chi connectivity index (χ2v) is 6.67. The molecule has 0 aliphatic rings. The Morgan fingerprint density at radius 2 is 2.07 bits per heavy atom. The first-order valence-corrected chi connectivity index (χ1v) is 9.24. The third-order valence-corrected chi connectivity index (χ3v) is 4.70. The number of benzene rings is 1. The molecule has 0 radical (unpaired) electrons. The second-order valence-electron chi connectivity index (χ2n) is 6.67. The van der Waals surface area contributed by atoms with Crippen LogP contribution < -0.4 is 0 Å². The number of carbonyl (C=O) groups excluding carboxylic acids is 1. The minimum Gasteiger partial charge on any atom is -0.467 e. The lowest BCUT2D eigenvalue weighted by Gasteiger charge is -2.16. The van der Waals surface area contributed by atoms with Gasteiger partial charge in [0.1, 0.15) is 12.3 Å². The van der Waals surface area contributed by atoms with Crippen LogP contribution in [0, 0.1) is 11.3 Å². The van der Waals surface area contributed by atoms with Crippen molar-refractivity contribution in [3.63, 3.8) is 0 Å². The lowest BCUT2D eigenvalue weighted by Crippen LogP contribution is -2.27. The molecule has 3 heterocycles. The molecule has 4 rings (SSSR count). The molecule has 0 saturated carbocycles. The van der Waals surface area contributed by atoms with Crippen LogP contribution in [-0.4, -0.2) is 39.2 Å². The van der Waals surface area contributed by atoms with Gasteiger partial charge in [-0.05, 0) is 18.2 Å². The summed E-state index contributed by atoms with van der Waals surface area (Å²) in [5.74, 6) is 0.586. The van der Waals surface area contributed by atoms with Crippen LogP contribution in [-0.2, 0) is 6.54 Å². The van der Waals surface area contributed by atoms with Crippen LogP contribution in [0.4, 0.5) is 0 Å². The topological polar surface area (TPSA) is 88.0 Å². The highest BCUT2D eigenvalue weighted by molar-refractivity contribution is 6.06. The molecule has 0 spiro atoms. The number of nitriles is 1. The molecule has 0 aliphatic carbocycles. The average Bonchev–Trinajstić information content (AvgIpc) is 3.42. The Morgan fingerprint density at radius 1 is 1.24 bits per heavy atom. The van der Waals surface area contributed by atoms with E-state index >= 15 is 0 Å². The maximum absolute atomic E-state index is 13.1. The van der Waals surface area contributed by atoms with Crippen molar-refractivity contribution < 1.29 is 9.21 Å². The van der Waals surface area contributed by atoms with Crippen LogP contribution in [0.5, 0.6) is 0 Å². The number of pyridine rings is 1. The molecule has 0 aliphatic heterocycles. The predicted molar refractivity (Wildman–Crippen MR) is 108 cm³/mol. The SMILES string of the molecule is CN(CCC#N)C(=O)c1cc(-c2ccccc2)nc2c1cnn2Cc1ccco1. The van der Waals surface area contributed by atoms with E-state index in [9.17, 15) is 4.79 Å².